The van der Waals surface area contributed by atoms with Crippen molar-refractivity contribution in [3.63, 3.8) is 0 Å². The average molecular weight is 624 g/mol. The van der Waals surface area contributed by atoms with Gasteiger partial charge in [-0.05, 0) is 88.1 Å². The van der Waals surface area contributed by atoms with Crippen LogP contribution in [0.3, 0.4) is 0 Å². The molecule has 2 amide bonds. The van der Waals surface area contributed by atoms with Crippen LogP contribution < -0.4 is 15.4 Å². The highest BCUT2D eigenvalue weighted by molar-refractivity contribution is 5.97. The van der Waals surface area contributed by atoms with E-state index in [-0.39, 0.29) is 30.5 Å². The van der Waals surface area contributed by atoms with E-state index in [9.17, 15) is 19.5 Å². The second-order valence-corrected chi connectivity index (χ2v) is 11.1. The zero-order valence-electron chi connectivity index (χ0n) is 26.5. The number of carbonyl (C=O) groups excluding carboxylic acids is 3. The monoisotopic (exact) mass is 623 g/mol. The van der Waals surface area contributed by atoms with Crippen LogP contribution in [-0.4, -0.2) is 59.8 Å². The first kappa shape index (κ1) is 33.8. The Morgan fingerprint density at radius 2 is 1.72 bits per heavy atom. The molecule has 0 radical (unpaired) electrons. The van der Waals surface area contributed by atoms with Crippen molar-refractivity contribution in [2.45, 2.75) is 58.6 Å². The molecule has 4 rings (SSSR count). The predicted molar refractivity (Wildman–Crippen MR) is 178 cm³/mol. The van der Waals surface area contributed by atoms with Gasteiger partial charge in [0.2, 0.25) is 0 Å². The lowest BCUT2D eigenvalue weighted by Crippen LogP contribution is -2.39. The van der Waals surface area contributed by atoms with E-state index in [0.29, 0.717) is 66.8 Å². The zero-order chi connectivity index (χ0) is 32.9. The Balaban J connectivity index is 1.44. The minimum atomic E-state index is -0.514. The number of amides is 2. The second-order valence-electron chi connectivity index (χ2n) is 11.1. The number of rotatable bonds is 14. The first-order chi connectivity index (χ1) is 22.3. The van der Waals surface area contributed by atoms with Gasteiger partial charge in [0.25, 0.3) is 11.8 Å². The molecule has 0 saturated carbocycles. The van der Waals surface area contributed by atoms with Crippen molar-refractivity contribution in [2.24, 2.45) is 0 Å². The molecule has 1 heterocycles. The molecule has 0 aliphatic heterocycles. The molecule has 9 heteroatoms. The molecule has 9 nitrogen and oxygen atoms in total. The number of hydrogen-bond acceptors (Lipinski definition) is 6. The van der Waals surface area contributed by atoms with E-state index in [1.165, 1.54) is 0 Å². The molecule has 3 aromatic carbocycles. The number of unbranched alkanes of at least 4 members (excludes halogenated alkanes) is 1. The second kappa shape index (κ2) is 16.8. The number of fused-ring (bicyclic) bond motifs is 1. The summed E-state index contributed by atoms with van der Waals surface area (Å²) in [5.41, 5.74) is 4.01. The van der Waals surface area contributed by atoms with Crippen molar-refractivity contribution in [1.82, 2.24) is 15.6 Å². The van der Waals surface area contributed by atoms with E-state index in [1.54, 1.807) is 43.3 Å². The van der Waals surface area contributed by atoms with Gasteiger partial charge in [-0.15, -0.1) is 0 Å². The van der Waals surface area contributed by atoms with E-state index >= 15 is 0 Å². The Labute approximate surface area is 269 Å². The number of aromatic amines is 1. The number of ether oxygens (including phenoxy) is 2. The summed E-state index contributed by atoms with van der Waals surface area (Å²) in [5, 5.41) is 17.0. The third-order valence-corrected chi connectivity index (χ3v) is 7.16. The summed E-state index contributed by atoms with van der Waals surface area (Å²) in [6.45, 7) is 6.12. The fourth-order valence-corrected chi connectivity index (χ4v) is 4.95. The number of hydrogen-bond donors (Lipinski definition) is 4. The number of nitrogens with one attached hydrogen (secondary N) is 3. The number of aliphatic hydroxyl groups excluding tert-OH is 1. The topological polar surface area (TPSA) is 130 Å². The summed E-state index contributed by atoms with van der Waals surface area (Å²) in [7, 11) is 0. The van der Waals surface area contributed by atoms with Gasteiger partial charge < -0.3 is 30.2 Å². The van der Waals surface area contributed by atoms with Gasteiger partial charge in [-0.1, -0.05) is 36.1 Å². The van der Waals surface area contributed by atoms with E-state index in [4.69, 9.17) is 9.47 Å². The maximum absolute atomic E-state index is 13.5. The maximum Gasteiger partial charge on any atom is 0.305 e. The highest BCUT2D eigenvalue weighted by Gasteiger charge is 2.20. The number of aromatic nitrogens is 1. The standard InChI is InChI=1S/C37H41N3O6/c1-4-45-35(42)14-7-8-19-38-36(43)28-11-9-10-26(20-28)15-16-27-17-18-34(46-25(2)3)32(21-27)37(44)40-30(24-41)22-29-23-39-33-13-6-5-12-31(29)33/h5-6,9-13,17-18,20-21,23,25,30,39,41H,4,7-8,14,19,22,24H2,1-3H3,(H,38,43)(H,40,44)/t30-/m1/s1. The molecule has 0 bridgehead atoms. The number of para-hydroxylation sites is 1. The van der Waals surface area contributed by atoms with Crippen LogP contribution in [0.1, 0.15) is 77.4 Å². The minimum absolute atomic E-state index is 0.158. The normalized spacial score (nSPS) is 11.4. The van der Waals surface area contributed by atoms with Crippen LogP contribution in [0.2, 0.25) is 0 Å². The minimum Gasteiger partial charge on any atom is -0.490 e. The van der Waals surface area contributed by atoms with Crippen LogP contribution in [0.5, 0.6) is 5.75 Å². The van der Waals surface area contributed by atoms with Gasteiger partial charge >= 0.3 is 5.97 Å². The van der Waals surface area contributed by atoms with Crippen LogP contribution in [0, 0.1) is 11.8 Å². The fraction of sp³-hybridized carbons (Fsp3) is 0.324. The molecule has 4 aromatic rings. The number of H-pyrrole nitrogens is 1. The Bertz CT molecular complexity index is 1710. The molecule has 46 heavy (non-hydrogen) atoms. The molecule has 0 aliphatic rings. The van der Waals surface area contributed by atoms with Crippen LogP contribution in [0.25, 0.3) is 10.9 Å². The summed E-state index contributed by atoms with van der Waals surface area (Å²) in [5.74, 6) is 5.77. The smallest absolute Gasteiger partial charge is 0.305 e. The third-order valence-electron chi connectivity index (χ3n) is 7.16. The molecule has 0 fully saturated rings. The van der Waals surface area contributed by atoms with Crippen LogP contribution in [-0.2, 0) is 16.0 Å². The summed E-state index contributed by atoms with van der Waals surface area (Å²) in [4.78, 5) is 40.9. The maximum atomic E-state index is 13.5. The van der Waals surface area contributed by atoms with Crippen LogP contribution in [0.15, 0.2) is 72.9 Å². The molecule has 1 aromatic heterocycles. The van der Waals surface area contributed by atoms with Crippen molar-refractivity contribution < 1.29 is 29.0 Å². The van der Waals surface area contributed by atoms with Crippen molar-refractivity contribution >= 4 is 28.7 Å². The Morgan fingerprint density at radius 1 is 0.935 bits per heavy atom. The lowest BCUT2D eigenvalue weighted by Gasteiger charge is -2.19. The Morgan fingerprint density at radius 3 is 2.48 bits per heavy atom. The largest absolute Gasteiger partial charge is 0.490 e. The van der Waals surface area contributed by atoms with Crippen LogP contribution in [0.4, 0.5) is 0 Å². The number of benzene rings is 3. The lowest BCUT2D eigenvalue weighted by molar-refractivity contribution is -0.143. The molecule has 1 atom stereocenters. The van der Waals surface area contributed by atoms with Gasteiger partial charge in [0, 0.05) is 46.8 Å². The van der Waals surface area contributed by atoms with Crippen molar-refractivity contribution in [3.8, 4) is 17.6 Å². The van der Waals surface area contributed by atoms with Gasteiger partial charge in [-0.2, -0.15) is 0 Å². The van der Waals surface area contributed by atoms with E-state index in [2.05, 4.69) is 27.5 Å². The summed E-state index contributed by atoms with van der Waals surface area (Å²) < 4.78 is 10.9. The number of aliphatic hydroxyl groups is 1. The molecule has 0 spiro atoms. The summed E-state index contributed by atoms with van der Waals surface area (Å²) >= 11 is 0. The first-order valence-electron chi connectivity index (χ1n) is 15.6. The van der Waals surface area contributed by atoms with Crippen LogP contribution >= 0.6 is 0 Å². The summed E-state index contributed by atoms with van der Waals surface area (Å²) in [6, 6.07) is 19.6. The molecular formula is C37H41N3O6. The van der Waals surface area contributed by atoms with E-state index in [0.717, 1.165) is 16.5 Å². The van der Waals surface area contributed by atoms with Crippen molar-refractivity contribution in [3.05, 3.63) is 101 Å². The molecule has 4 N–H and O–H groups in total. The number of esters is 1. The SMILES string of the molecule is CCOC(=O)CCCCNC(=O)c1cccc(C#Cc2ccc(OC(C)C)c(C(=O)N[C@@H](CO)Cc3c[nH]c4ccccc34)c2)c1. The first-order valence-corrected chi connectivity index (χ1v) is 15.6. The predicted octanol–water partition coefficient (Wildman–Crippen LogP) is 5.15. The van der Waals surface area contributed by atoms with E-state index in [1.807, 2.05) is 50.4 Å². The molecule has 0 unspecified atom stereocenters. The molecular weight excluding hydrogens is 582 g/mol. The third kappa shape index (κ3) is 9.71. The number of carbonyl (C=O) groups is 3. The highest BCUT2D eigenvalue weighted by atomic mass is 16.5. The molecule has 0 aliphatic carbocycles. The van der Waals surface area contributed by atoms with Gasteiger partial charge in [0.05, 0.1) is 30.9 Å². The van der Waals surface area contributed by atoms with Gasteiger partial charge in [0.1, 0.15) is 5.75 Å². The Kier molecular flexibility index (Phi) is 12.4. The Hall–Kier alpha value is -5.07. The van der Waals surface area contributed by atoms with Gasteiger partial charge in [-0.3, -0.25) is 14.4 Å². The average Bonchev–Trinajstić information content (AvgIpc) is 3.46. The quantitative estimate of drug-likeness (QED) is 0.0874. The van der Waals surface area contributed by atoms with E-state index < -0.39 is 6.04 Å². The van der Waals surface area contributed by atoms with Crippen molar-refractivity contribution in [2.75, 3.05) is 19.8 Å². The fourth-order valence-electron chi connectivity index (χ4n) is 4.95. The van der Waals surface area contributed by atoms with Gasteiger partial charge in [0.15, 0.2) is 0 Å². The molecule has 240 valence electrons. The van der Waals surface area contributed by atoms with Crippen molar-refractivity contribution in [1.29, 1.82) is 0 Å². The lowest BCUT2D eigenvalue weighted by atomic mass is 10.0. The van der Waals surface area contributed by atoms with Gasteiger partial charge in [-0.25, -0.2) is 0 Å². The highest BCUT2D eigenvalue weighted by Crippen LogP contribution is 2.23. The zero-order valence-corrected chi connectivity index (χ0v) is 26.5. The summed E-state index contributed by atoms with van der Waals surface area (Å²) in [6.07, 6.45) is 3.82. The molecule has 0 saturated heterocycles.